The second-order valence-corrected chi connectivity index (χ2v) is 5.02. The molecule has 0 amide bonds. The van der Waals surface area contributed by atoms with Crippen LogP contribution in [-0.2, 0) is 4.79 Å². The minimum Gasteiger partial charge on any atom is -0.481 e. The Kier molecular flexibility index (Phi) is 2.30. The van der Waals surface area contributed by atoms with E-state index in [0.717, 1.165) is 32.1 Å². The van der Waals surface area contributed by atoms with Crippen LogP contribution in [0, 0.1) is 17.3 Å². The Morgan fingerprint density at radius 3 is 2.93 bits per heavy atom. The lowest BCUT2D eigenvalue weighted by molar-refractivity contribution is -0.144. The zero-order valence-electron chi connectivity index (χ0n) is 8.70. The summed E-state index contributed by atoms with van der Waals surface area (Å²) in [5.41, 5.74) is 6.34. The van der Waals surface area contributed by atoms with Gasteiger partial charge >= 0.3 is 5.97 Å². The first kappa shape index (κ1) is 9.97. The lowest BCUT2D eigenvalue weighted by atomic mass is 9.66. The maximum Gasteiger partial charge on any atom is 0.306 e. The standard InChI is InChI=1S/C11H19NO2/c1-2-11-4-3-7(9(11)12)5-8(6-11)10(13)14/h7-9H,2-6,12H2,1H3,(H,13,14). The van der Waals surface area contributed by atoms with E-state index in [-0.39, 0.29) is 17.4 Å². The average Bonchev–Trinajstić information content (AvgIpc) is 2.39. The number of rotatable bonds is 2. The monoisotopic (exact) mass is 197 g/mol. The molecule has 2 saturated carbocycles. The molecule has 0 aromatic carbocycles. The molecule has 0 spiro atoms. The van der Waals surface area contributed by atoms with Crippen LogP contribution >= 0.6 is 0 Å². The summed E-state index contributed by atoms with van der Waals surface area (Å²) in [5.74, 6) is -0.298. The average molecular weight is 197 g/mol. The largest absolute Gasteiger partial charge is 0.481 e. The van der Waals surface area contributed by atoms with Crippen molar-refractivity contribution in [2.45, 2.75) is 45.1 Å². The Hall–Kier alpha value is -0.570. The minimum atomic E-state index is -0.623. The van der Waals surface area contributed by atoms with Gasteiger partial charge in [0.25, 0.3) is 0 Å². The number of fused-ring (bicyclic) bond motifs is 2. The topological polar surface area (TPSA) is 63.3 Å². The molecule has 4 atom stereocenters. The molecule has 3 N–H and O–H groups in total. The summed E-state index contributed by atoms with van der Waals surface area (Å²) in [6.45, 7) is 2.15. The molecule has 14 heavy (non-hydrogen) atoms. The molecule has 2 aliphatic rings. The first-order chi connectivity index (χ1) is 6.59. The molecule has 2 bridgehead atoms. The van der Waals surface area contributed by atoms with E-state index in [9.17, 15) is 4.79 Å². The van der Waals surface area contributed by atoms with Gasteiger partial charge in [-0.25, -0.2) is 0 Å². The fourth-order valence-corrected chi connectivity index (χ4v) is 3.51. The highest BCUT2D eigenvalue weighted by Crippen LogP contribution is 2.54. The SMILES string of the molecule is CCC12CCC(CC(C(=O)O)C1)C2N. The predicted octanol–water partition coefficient (Wildman–Crippen LogP) is 1.61. The highest BCUT2D eigenvalue weighted by molar-refractivity contribution is 5.70. The van der Waals surface area contributed by atoms with Gasteiger partial charge in [0, 0.05) is 6.04 Å². The normalized spacial score (nSPS) is 46.6. The van der Waals surface area contributed by atoms with Crippen LogP contribution in [-0.4, -0.2) is 17.1 Å². The van der Waals surface area contributed by atoms with Gasteiger partial charge in [0.2, 0.25) is 0 Å². The van der Waals surface area contributed by atoms with Crippen molar-refractivity contribution >= 4 is 5.97 Å². The molecule has 0 aromatic heterocycles. The highest BCUT2D eigenvalue weighted by atomic mass is 16.4. The van der Waals surface area contributed by atoms with Gasteiger partial charge in [-0.3, -0.25) is 4.79 Å². The number of hydrogen-bond donors (Lipinski definition) is 2. The molecule has 0 heterocycles. The van der Waals surface area contributed by atoms with Crippen molar-refractivity contribution in [2.75, 3.05) is 0 Å². The van der Waals surface area contributed by atoms with E-state index in [1.807, 2.05) is 0 Å². The third-order valence-electron chi connectivity index (χ3n) is 4.52. The number of carbonyl (C=O) groups is 1. The van der Waals surface area contributed by atoms with Gasteiger partial charge in [-0.2, -0.15) is 0 Å². The van der Waals surface area contributed by atoms with Crippen molar-refractivity contribution in [3.8, 4) is 0 Å². The molecular formula is C11H19NO2. The lowest BCUT2D eigenvalue weighted by Crippen LogP contribution is -2.47. The third kappa shape index (κ3) is 1.26. The quantitative estimate of drug-likeness (QED) is 0.707. The van der Waals surface area contributed by atoms with Gasteiger partial charge in [-0.05, 0) is 43.4 Å². The maximum absolute atomic E-state index is 11.0. The first-order valence-corrected chi connectivity index (χ1v) is 5.57. The Bertz CT molecular complexity index is 254. The molecule has 4 unspecified atom stereocenters. The van der Waals surface area contributed by atoms with Crippen molar-refractivity contribution in [3.63, 3.8) is 0 Å². The van der Waals surface area contributed by atoms with Gasteiger partial charge in [-0.15, -0.1) is 0 Å². The van der Waals surface area contributed by atoms with Crippen LogP contribution in [0.5, 0.6) is 0 Å². The molecule has 0 radical (unpaired) electrons. The van der Waals surface area contributed by atoms with E-state index in [1.165, 1.54) is 0 Å². The molecule has 80 valence electrons. The van der Waals surface area contributed by atoms with Crippen LogP contribution in [0.1, 0.15) is 39.0 Å². The van der Waals surface area contributed by atoms with E-state index < -0.39 is 5.97 Å². The van der Waals surface area contributed by atoms with Gasteiger partial charge < -0.3 is 10.8 Å². The Morgan fingerprint density at radius 2 is 2.36 bits per heavy atom. The number of carboxylic acid groups (broad SMARTS) is 1. The molecule has 0 saturated heterocycles. The zero-order valence-corrected chi connectivity index (χ0v) is 8.70. The summed E-state index contributed by atoms with van der Waals surface area (Å²) in [5, 5.41) is 9.06. The van der Waals surface area contributed by atoms with Gasteiger partial charge in [0.05, 0.1) is 5.92 Å². The second kappa shape index (κ2) is 3.23. The number of hydrogen-bond acceptors (Lipinski definition) is 2. The van der Waals surface area contributed by atoms with E-state index >= 15 is 0 Å². The minimum absolute atomic E-state index is 0.137. The molecule has 2 rings (SSSR count). The number of aliphatic carboxylic acids is 1. The summed E-state index contributed by atoms with van der Waals surface area (Å²) in [6, 6.07) is 0.253. The van der Waals surface area contributed by atoms with E-state index in [0.29, 0.717) is 5.92 Å². The lowest BCUT2D eigenvalue weighted by Gasteiger charge is -2.41. The van der Waals surface area contributed by atoms with Crippen molar-refractivity contribution in [1.82, 2.24) is 0 Å². The molecule has 2 aliphatic carbocycles. The van der Waals surface area contributed by atoms with Gasteiger partial charge in [-0.1, -0.05) is 6.92 Å². The molecular weight excluding hydrogens is 178 g/mol. The van der Waals surface area contributed by atoms with Crippen molar-refractivity contribution in [2.24, 2.45) is 23.0 Å². The number of carboxylic acids is 1. The summed E-state index contributed by atoms with van der Waals surface area (Å²) in [4.78, 5) is 11.0. The van der Waals surface area contributed by atoms with E-state index in [1.54, 1.807) is 0 Å². The smallest absolute Gasteiger partial charge is 0.306 e. The fourth-order valence-electron chi connectivity index (χ4n) is 3.51. The number of nitrogens with two attached hydrogens (primary N) is 1. The summed E-state index contributed by atoms with van der Waals surface area (Å²) in [7, 11) is 0. The third-order valence-corrected chi connectivity index (χ3v) is 4.52. The predicted molar refractivity (Wildman–Crippen MR) is 53.8 cm³/mol. The first-order valence-electron chi connectivity index (χ1n) is 5.57. The van der Waals surface area contributed by atoms with Crippen LogP contribution in [0.25, 0.3) is 0 Å². The zero-order chi connectivity index (χ0) is 10.3. The van der Waals surface area contributed by atoms with E-state index in [4.69, 9.17) is 10.8 Å². The maximum atomic E-state index is 11.0. The van der Waals surface area contributed by atoms with Gasteiger partial charge in [0.1, 0.15) is 0 Å². The summed E-state index contributed by atoms with van der Waals surface area (Å²) >= 11 is 0. The molecule has 3 nitrogen and oxygen atoms in total. The van der Waals surface area contributed by atoms with Crippen molar-refractivity contribution in [1.29, 1.82) is 0 Å². The Labute approximate surface area is 84.7 Å². The Balaban J connectivity index is 2.20. The van der Waals surface area contributed by atoms with Crippen LogP contribution in [0.3, 0.4) is 0 Å². The van der Waals surface area contributed by atoms with Crippen molar-refractivity contribution < 1.29 is 9.90 Å². The second-order valence-electron chi connectivity index (χ2n) is 5.02. The van der Waals surface area contributed by atoms with Crippen molar-refractivity contribution in [3.05, 3.63) is 0 Å². The summed E-state index contributed by atoms with van der Waals surface area (Å²) in [6.07, 6.45) is 4.92. The summed E-state index contributed by atoms with van der Waals surface area (Å²) < 4.78 is 0. The Morgan fingerprint density at radius 1 is 1.64 bits per heavy atom. The molecule has 0 aliphatic heterocycles. The van der Waals surface area contributed by atoms with E-state index in [2.05, 4.69) is 6.92 Å². The molecule has 0 aromatic rings. The van der Waals surface area contributed by atoms with Crippen LogP contribution < -0.4 is 5.73 Å². The highest BCUT2D eigenvalue weighted by Gasteiger charge is 2.51. The van der Waals surface area contributed by atoms with Gasteiger partial charge in [0.15, 0.2) is 0 Å². The van der Waals surface area contributed by atoms with Crippen LogP contribution in [0.4, 0.5) is 0 Å². The molecule has 2 fully saturated rings. The molecule has 3 heteroatoms. The van der Waals surface area contributed by atoms with Crippen LogP contribution in [0.2, 0.25) is 0 Å². The van der Waals surface area contributed by atoms with Crippen LogP contribution in [0.15, 0.2) is 0 Å². The fraction of sp³-hybridized carbons (Fsp3) is 0.909.